The van der Waals surface area contributed by atoms with Gasteiger partial charge in [-0.05, 0) is 24.8 Å². The molecular formula is C13H26O2Si. The first-order valence-electron chi connectivity index (χ1n) is 6.28. The molecule has 0 rings (SSSR count). The van der Waals surface area contributed by atoms with Crippen molar-refractivity contribution in [2.75, 3.05) is 6.61 Å². The summed E-state index contributed by atoms with van der Waals surface area (Å²) in [5.74, 6) is -0.261. The Morgan fingerprint density at radius 1 is 1.31 bits per heavy atom. The number of carbonyl (C=O) groups is 1. The summed E-state index contributed by atoms with van der Waals surface area (Å²) in [4.78, 5) is 11.1. The number of unbranched alkanes of at least 4 members (excludes halogenated alkanes) is 1. The van der Waals surface area contributed by atoms with Crippen molar-refractivity contribution < 1.29 is 9.53 Å². The lowest BCUT2D eigenvalue weighted by Crippen LogP contribution is -2.11. The minimum atomic E-state index is -0.261. The molecule has 0 aromatic heterocycles. The van der Waals surface area contributed by atoms with Crippen LogP contribution >= 0.6 is 0 Å². The Bertz CT molecular complexity index is 232. The van der Waals surface area contributed by atoms with E-state index in [1.165, 1.54) is 29.5 Å². The maximum absolute atomic E-state index is 11.1. The fourth-order valence-electron chi connectivity index (χ4n) is 1.55. The topological polar surface area (TPSA) is 26.3 Å². The Morgan fingerprint density at radius 2 is 1.88 bits per heavy atom. The lowest BCUT2D eigenvalue weighted by Gasteiger charge is -2.26. The molecule has 0 bridgehead atoms. The van der Waals surface area contributed by atoms with Crippen molar-refractivity contribution >= 4 is 16.2 Å². The van der Waals surface area contributed by atoms with Crippen molar-refractivity contribution in [3.63, 3.8) is 0 Å². The van der Waals surface area contributed by atoms with Gasteiger partial charge in [-0.2, -0.15) is 0 Å². The molecule has 0 aromatic rings. The van der Waals surface area contributed by atoms with Crippen molar-refractivity contribution in [3.05, 3.63) is 12.2 Å². The van der Waals surface area contributed by atoms with Crippen LogP contribution in [0, 0.1) is 0 Å². The average Bonchev–Trinajstić information content (AvgIpc) is 2.27. The zero-order valence-electron chi connectivity index (χ0n) is 11.3. The number of esters is 1. The van der Waals surface area contributed by atoms with Crippen LogP contribution in [-0.4, -0.2) is 22.8 Å². The van der Waals surface area contributed by atoms with Gasteiger partial charge in [0.05, 0.1) is 6.61 Å². The highest BCUT2D eigenvalue weighted by molar-refractivity contribution is 6.15. The summed E-state index contributed by atoms with van der Waals surface area (Å²) in [7, 11) is 1.26. The van der Waals surface area contributed by atoms with Gasteiger partial charge in [0.2, 0.25) is 0 Å². The number of carbonyl (C=O) groups excluding carboxylic acids is 1. The second-order valence-electron chi connectivity index (χ2n) is 4.89. The third-order valence-electron chi connectivity index (χ3n) is 3.46. The average molecular weight is 242 g/mol. The van der Waals surface area contributed by atoms with Gasteiger partial charge in [0.15, 0.2) is 0 Å². The Hall–Kier alpha value is -0.573. The van der Waals surface area contributed by atoms with Crippen LogP contribution in [0.3, 0.4) is 0 Å². The van der Waals surface area contributed by atoms with Crippen LogP contribution in [0.15, 0.2) is 12.2 Å². The fourth-order valence-corrected chi connectivity index (χ4v) is 1.90. The number of ether oxygens (including phenoxy) is 1. The molecule has 0 fully saturated rings. The first-order valence-corrected chi connectivity index (χ1v) is 7.28. The molecule has 0 heterocycles. The molecule has 0 saturated heterocycles. The summed E-state index contributed by atoms with van der Waals surface area (Å²) in [6, 6.07) is 0. The normalized spacial score (nSPS) is 11.4. The van der Waals surface area contributed by atoms with E-state index < -0.39 is 0 Å². The van der Waals surface area contributed by atoms with Gasteiger partial charge in [0.1, 0.15) is 0 Å². The Kier molecular flexibility index (Phi) is 7.39. The van der Waals surface area contributed by atoms with Crippen LogP contribution in [0.4, 0.5) is 0 Å². The first-order chi connectivity index (χ1) is 7.45. The monoisotopic (exact) mass is 242 g/mol. The van der Waals surface area contributed by atoms with Gasteiger partial charge in [0, 0.05) is 15.8 Å². The van der Waals surface area contributed by atoms with Crippen LogP contribution in [0.5, 0.6) is 0 Å². The molecule has 0 radical (unpaired) electrons. The third kappa shape index (κ3) is 6.11. The predicted octanol–water partition coefficient (Wildman–Crippen LogP) is 2.62. The molecule has 3 heteroatoms. The smallest absolute Gasteiger partial charge is 0.333 e. The van der Waals surface area contributed by atoms with E-state index in [0.29, 0.717) is 17.2 Å². The highest BCUT2D eigenvalue weighted by atomic mass is 28.1. The summed E-state index contributed by atoms with van der Waals surface area (Å²) in [5.41, 5.74) is 0.486. The molecule has 0 aromatic carbocycles. The highest BCUT2D eigenvalue weighted by Gasteiger charge is 2.18. The maximum Gasteiger partial charge on any atom is 0.333 e. The molecule has 0 unspecified atom stereocenters. The van der Waals surface area contributed by atoms with E-state index in [9.17, 15) is 4.79 Å². The van der Waals surface area contributed by atoms with E-state index in [4.69, 9.17) is 4.74 Å². The SMILES string of the molecule is C=C(C)C(=O)OCCCCC([SiH3])(CC)CC. The Labute approximate surface area is 103 Å². The molecule has 0 N–H and O–H groups in total. The molecule has 16 heavy (non-hydrogen) atoms. The summed E-state index contributed by atoms with van der Waals surface area (Å²) < 4.78 is 5.06. The van der Waals surface area contributed by atoms with Crippen molar-refractivity contribution in [1.29, 1.82) is 0 Å². The van der Waals surface area contributed by atoms with Gasteiger partial charge in [-0.25, -0.2) is 4.79 Å². The highest BCUT2D eigenvalue weighted by Crippen LogP contribution is 2.36. The number of hydrogen-bond donors (Lipinski definition) is 0. The third-order valence-corrected chi connectivity index (χ3v) is 5.38. The van der Waals surface area contributed by atoms with Gasteiger partial charge in [-0.1, -0.05) is 39.7 Å². The fraction of sp³-hybridized carbons (Fsp3) is 0.769. The second kappa shape index (κ2) is 7.66. The summed E-state index contributed by atoms with van der Waals surface area (Å²) in [5, 5.41) is 0.596. The quantitative estimate of drug-likeness (QED) is 0.283. The van der Waals surface area contributed by atoms with Crippen LogP contribution in [0.25, 0.3) is 0 Å². The van der Waals surface area contributed by atoms with Crippen molar-refractivity contribution in [2.24, 2.45) is 0 Å². The van der Waals surface area contributed by atoms with E-state index >= 15 is 0 Å². The molecule has 0 aliphatic carbocycles. The van der Waals surface area contributed by atoms with Gasteiger partial charge < -0.3 is 4.74 Å². The lowest BCUT2D eigenvalue weighted by molar-refractivity contribution is -0.139. The van der Waals surface area contributed by atoms with Crippen LogP contribution in [0.2, 0.25) is 5.04 Å². The zero-order chi connectivity index (χ0) is 12.6. The summed E-state index contributed by atoms with van der Waals surface area (Å²) in [6.45, 7) is 10.3. The lowest BCUT2D eigenvalue weighted by atomic mass is 9.95. The maximum atomic E-state index is 11.1. The van der Waals surface area contributed by atoms with Gasteiger partial charge in [-0.3, -0.25) is 0 Å². The molecule has 0 aliphatic heterocycles. The molecule has 94 valence electrons. The van der Waals surface area contributed by atoms with Crippen molar-refractivity contribution in [1.82, 2.24) is 0 Å². The zero-order valence-corrected chi connectivity index (χ0v) is 13.3. The summed E-state index contributed by atoms with van der Waals surface area (Å²) in [6.07, 6.45) is 5.97. The minimum absolute atomic E-state index is 0.261. The largest absolute Gasteiger partial charge is 0.462 e. The Balaban J connectivity index is 3.61. The Morgan fingerprint density at radius 3 is 2.31 bits per heavy atom. The number of rotatable bonds is 8. The molecular weight excluding hydrogens is 216 g/mol. The second-order valence-corrected chi connectivity index (χ2v) is 7.01. The van der Waals surface area contributed by atoms with Gasteiger partial charge >= 0.3 is 5.97 Å². The molecule has 0 atom stereocenters. The van der Waals surface area contributed by atoms with Crippen LogP contribution in [0.1, 0.15) is 52.9 Å². The molecule has 0 amide bonds. The van der Waals surface area contributed by atoms with Gasteiger partial charge in [0.25, 0.3) is 0 Å². The van der Waals surface area contributed by atoms with E-state index in [-0.39, 0.29) is 5.97 Å². The predicted molar refractivity (Wildman–Crippen MR) is 72.8 cm³/mol. The molecule has 0 saturated carbocycles. The molecule has 0 spiro atoms. The number of hydrogen-bond acceptors (Lipinski definition) is 2. The minimum Gasteiger partial charge on any atom is -0.462 e. The van der Waals surface area contributed by atoms with E-state index in [1.54, 1.807) is 6.92 Å². The standard InChI is InChI=1S/C13H26O2Si/c1-5-13(16,6-2)9-7-8-10-15-12(14)11(3)4/h3,5-10H2,1-2,4,16H3. The van der Waals surface area contributed by atoms with Crippen molar-refractivity contribution in [2.45, 2.75) is 57.9 Å². The van der Waals surface area contributed by atoms with Crippen molar-refractivity contribution in [3.8, 4) is 0 Å². The van der Waals surface area contributed by atoms with E-state index in [0.717, 1.165) is 12.8 Å². The summed E-state index contributed by atoms with van der Waals surface area (Å²) >= 11 is 0. The molecule has 0 aliphatic rings. The van der Waals surface area contributed by atoms with Crippen LogP contribution in [-0.2, 0) is 9.53 Å². The van der Waals surface area contributed by atoms with E-state index in [2.05, 4.69) is 20.4 Å². The van der Waals surface area contributed by atoms with E-state index in [1.807, 2.05) is 0 Å². The molecule has 2 nitrogen and oxygen atoms in total. The van der Waals surface area contributed by atoms with Crippen LogP contribution < -0.4 is 0 Å². The first kappa shape index (κ1) is 15.4. The van der Waals surface area contributed by atoms with Gasteiger partial charge in [-0.15, -0.1) is 0 Å².